The minimum Gasteiger partial charge on any atom is -0.342 e. The smallest absolute Gasteiger partial charge is 0.285 e. The zero-order chi connectivity index (χ0) is 32.9. The standard InChI is InChI=1S/C15H16N2O4.C8H5NO3.C7H12ClNO.I2/c18-13(16-8-4-1-5-9-16)10-21-17-14(19)11-6-2-3-7-12(11)15(17)20;10-7-5-3-1-2-4-6(5)8(11)9(7)12;8-6-7(10)9-4-2-1-3-5-9;1-2/h2-3,6-7H,1,4-5,8-10H2;1-4,12H;1-6H2;. The van der Waals surface area contributed by atoms with Gasteiger partial charge >= 0.3 is 0 Å². The number of amides is 6. The van der Waals surface area contributed by atoms with Crippen LogP contribution in [-0.4, -0.2) is 99.2 Å². The fourth-order valence-corrected chi connectivity index (χ4v) is 5.21. The molecule has 0 unspecified atom stereocenters. The van der Waals surface area contributed by atoms with E-state index in [1.165, 1.54) is 18.6 Å². The zero-order valence-corrected chi connectivity index (χ0v) is 29.4. The van der Waals surface area contributed by atoms with Gasteiger partial charge in [0.25, 0.3) is 29.5 Å². The monoisotopic (exact) mass is 866 g/mol. The largest absolute Gasteiger partial charge is 0.342 e. The molecule has 0 bridgehead atoms. The van der Waals surface area contributed by atoms with Gasteiger partial charge in [0.05, 0.1) is 22.3 Å². The van der Waals surface area contributed by atoms with E-state index >= 15 is 0 Å². The first-order valence-corrected chi connectivity index (χ1v) is 21.1. The predicted molar refractivity (Wildman–Crippen MR) is 181 cm³/mol. The Kier molecular flexibility index (Phi) is 15.1. The van der Waals surface area contributed by atoms with E-state index in [2.05, 4.69) is 37.2 Å². The van der Waals surface area contributed by atoms with Gasteiger partial charge < -0.3 is 9.80 Å². The molecule has 45 heavy (non-hydrogen) atoms. The molecule has 0 spiro atoms. The Morgan fingerprint density at radius 3 is 1.38 bits per heavy atom. The molecule has 6 amide bonds. The number of alkyl halides is 1. The van der Waals surface area contributed by atoms with Gasteiger partial charge in [-0.3, -0.25) is 38.8 Å². The molecule has 0 aromatic heterocycles. The highest BCUT2D eigenvalue weighted by Gasteiger charge is 2.37. The van der Waals surface area contributed by atoms with Crippen LogP contribution >= 0.6 is 48.8 Å². The predicted octanol–water partition coefficient (Wildman–Crippen LogP) is 4.91. The highest BCUT2D eigenvalue weighted by molar-refractivity contribution is 15.0. The maximum atomic E-state index is 12.1. The van der Waals surface area contributed by atoms with Crippen molar-refractivity contribution in [3.8, 4) is 0 Å². The molecule has 15 heteroatoms. The Labute approximate surface area is 289 Å². The summed E-state index contributed by atoms with van der Waals surface area (Å²) in [5.41, 5.74) is 1.14. The molecule has 12 nitrogen and oxygen atoms in total. The van der Waals surface area contributed by atoms with Gasteiger partial charge in [-0.1, -0.05) is 24.3 Å². The fourth-order valence-electron chi connectivity index (χ4n) is 5.04. The van der Waals surface area contributed by atoms with Crippen LogP contribution in [0.25, 0.3) is 0 Å². The number of nitrogens with zero attached hydrogens (tertiary/aromatic N) is 4. The molecule has 242 valence electrons. The number of imide groups is 2. The van der Waals surface area contributed by atoms with Crippen molar-refractivity contribution in [2.45, 2.75) is 38.5 Å². The van der Waals surface area contributed by atoms with Crippen LogP contribution in [0.15, 0.2) is 48.5 Å². The van der Waals surface area contributed by atoms with Gasteiger partial charge in [0.2, 0.25) is 5.91 Å². The molecule has 1 N–H and O–H groups in total. The molecule has 4 aliphatic rings. The molecule has 4 aliphatic heterocycles. The van der Waals surface area contributed by atoms with E-state index in [-0.39, 0.29) is 40.5 Å². The van der Waals surface area contributed by atoms with Crippen LogP contribution in [-0.2, 0) is 14.4 Å². The summed E-state index contributed by atoms with van der Waals surface area (Å²) < 4.78 is 0. The number of hydrogen-bond donors (Lipinski definition) is 1. The summed E-state index contributed by atoms with van der Waals surface area (Å²) in [6.45, 7) is 2.96. The van der Waals surface area contributed by atoms with Gasteiger partial charge in [-0.25, -0.2) is 0 Å². The summed E-state index contributed by atoms with van der Waals surface area (Å²) in [6, 6.07) is 12.8. The number of benzene rings is 2. The molecule has 0 atom stereocenters. The molecule has 2 aromatic carbocycles. The molecule has 2 saturated heterocycles. The average Bonchev–Trinajstić information content (AvgIpc) is 3.48. The summed E-state index contributed by atoms with van der Waals surface area (Å²) in [6.07, 6.45) is 6.64. The van der Waals surface area contributed by atoms with Crippen LogP contribution in [0.1, 0.15) is 80.0 Å². The third-order valence-corrected chi connectivity index (χ3v) is 7.61. The second-order valence-electron chi connectivity index (χ2n) is 10.2. The second kappa shape index (κ2) is 18.5. The Hall–Kier alpha value is -2.67. The topological polar surface area (TPSA) is 145 Å². The molecule has 6 rings (SSSR count). The first-order valence-electron chi connectivity index (χ1n) is 14.3. The third-order valence-electron chi connectivity index (χ3n) is 7.38. The van der Waals surface area contributed by atoms with E-state index in [1.807, 2.05) is 4.90 Å². The van der Waals surface area contributed by atoms with E-state index in [0.717, 1.165) is 45.2 Å². The molecule has 0 radical (unpaired) electrons. The van der Waals surface area contributed by atoms with Gasteiger partial charge in [-0.05, 0) is 62.8 Å². The Morgan fingerprint density at radius 1 is 0.644 bits per heavy atom. The summed E-state index contributed by atoms with van der Waals surface area (Å²) in [7, 11) is 0. The molecule has 0 saturated carbocycles. The summed E-state index contributed by atoms with van der Waals surface area (Å²) in [4.78, 5) is 77.9. The maximum Gasteiger partial charge on any atom is 0.285 e. The number of piperidine rings is 2. The Balaban J connectivity index is 0.000000195. The zero-order valence-electron chi connectivity index (χ0n) is 24.3. The minimum absolute atomic E-state index is 0.0846. The van der Waals surface area contributed by atoms with Crippen LogP contribution in [0, 0.1) is 0 Å². The van der Waals surface area contributed by atoms with Crippen molar-refractivity contribution in [2.75, 3.05) is 38.7 Å². The van der Waals surface area contributed by atoms with E-state index in [0.29, 0.717) is 29.3 Å². The number of fused-ring (bicyclic) bond motifs is 2. The average molecular weight is 867 g/mol. The number of likely N-dealkylation sites (tertiary alicyclic amines) is 2. The molecule has 2 aromatic rings. The van der Waals surface area contributed by atoms with Crippen LogP contribution in [0.5, 0.6) is 0 Å². The number of carbonyl (C=O) groups excluding carboxylic acids is 6. The lowest BCUT2D eigenvalue weighted by molar-refractivity contribution is -0.150. The lowest BCUT2D eigenvalue weighted by Gasteiger charge is -2.27. The molecule has 0 aliphatic carbocycles. The normalized spacial score (nSPS) is 16.9. The van der Waals surface area contributed by atoms with Crippen molar-refractivity contribution in [2.24, 2.45) is 0 Å². The van der Waals surface area contributed by atoms with Crippen LogP contribution in [0.2, 0.25) is 0 Å². The van der Waals surface area contributed by atoms with Crippen molar-refractivity contribution in [3.05, 3.63) is 70.8 Å². The maximum absolute atomic E-state index is 12.1. The van der Waals surface area contributed by atoms with Crippen molar-refractivity contribution < 1.29 is 38.8 Å². The van der Waals surface area contributed by atoms with Gasteiger partial charge in [-0.2, -0.15) is 0 Å². The third kappa shape index (κ3) is 9.43. The number of halogens is 3. The van der Waals surface area contributed by atoms with Gasteiger partial charge in [0.15, 0.2) is 6.61 Å². The highest BCUT2D eigenvalue weighted by atomic mass is 128. The molecule has 2 fully saturated rings. The van der Waals surface area contributed by atoms with Crippen molar-refractivity contribution in [1.29, 1.82) is 0 Å². The molecule has 4 heterocycles. The van der Waals surface area contributed by atoms with Crippen LogP contribution in [0.4, 0.5) is 0 Å². The van der Waals surface area contributed by atoms with Crippen molar-refractivity contribution >= 4 is 84.3 Å². The SMILES string of the molecule is II.O=C(CCl)N1CCCCC1.O=C(CON1C(=O)c2ccccc2C1=O)N1CCCCC1.O=C1c2ccccc2C(=O)N1O. The second-order valence-corrected chi connectivity index (χ2v) is 10.5. The van der Waals surface area contributed by atoms with Crippen molar-refractivity contribution in [1.82, 2.24) is 19.9 Å². The van der Waals surface area contributed by atoms with Crippen LogP contribution in [0.3, 0.4) is 0 Å². The lowest BCUT2D eigenvalue weighted by Crippen LogP contribution is -2.41. The van der Waals surface area contributed by atoms with E-state index in [4.69, 9.17) is 21.6 Å². The van der Waals surface area contributed by atoms with Crippen molar-refractivity contribution in [3.63, 3.8) is 0 Å². The highest BCUT2D eigenvalue weighted by Crippen LogP contribution is 2.23. The number of hydroxylamine groups is 4. The number of carbonyl (C=O) groups is 6. The van der Waals surface area contributed by atoms with E-state index in [1.54, 1.807) is 41.3 Å². The molecular formula is C30H33ClI2N4O8. The van der Waals surface area contributed by atoms with E-state index < -0.39 is 23.6 Å². The first-order chi connectivity index (χ1) is 21.7. The fraction of sp³-hybridized carbons (Fsp3) is 0.400. The summed E-state index contributed by atoms with van der Waals surface area (Å²) in [5.74, 6) is -2.30. The number of rotatable bonds is 4. The van der Waals surface area contributed by atoms with Gasteiger partial charge in [0, 0.05) is 63.4 Å². The molecular weight excluding hydrogens is 834 g/mol. The minimum atomic E-state index is -0.657. The summed E-state index contributed by atoms with van der Waals surface area (Å²) in [5, 5.41) is 9.74. The van der Waals surface area contributed by atoms with Gasteiger partial charge in [-0.15, -0.1) is 21.7 Å². The Bertz CT molecular complexity index is 1330. The lowest BCUT2D eigenvalue weighted by atomic mass is 10.1. The quantitative estimate of drug-likeness (QED) is 0.198. The van der Waals surface area contributed by atoms with E-state index in [9.17, 15) is 28.8 Å². The summed E-state index contributed by atoms with van der Waals surface area (Å²) >= 11 is 9.63. The van der Waals surface area contributed by atoms with Gasteiger partial charge in [0.1, 0.15) is 5.88 Å². The number of hydrogen-bond acceptors (Lipinski definition) is 8. The Morgan fingerprint density at radius 2 is 1.00 bits per heavy atom. The first kappa shape index (κ1) is 36.8. The van der Waals surface area contributed by atoms with Crippen LogP contribution < -0.4 is 0 Å².